The van der Waals surface area contributed by atoms with E-state index in [1.165, 1.54) is 11.3 Å². The molecule has 30 heavy (non-hydrogen) atoms. The summed E-state index contributed by atoms with van der Waals surface area (Å²) in [5, 5.41) is 4.87. The third kappa shape index (κ3) is 4.77. The molecule has 1 amide bonds. The van der Waals surface area contributed by atoms with E-state index in [2.05, 4.69) is 20.3 Å². The molecule has 0 unspecified atom stereocenters. The van der Waals surface area contributed by atoms with E-state index in [9.17, 15) is 4.79 Å². The molecule has 7 nitrogen and oxygen atoms in total. The Kier molecular flexibility index (Phi) is 6.24. The van der Waals surface area contributed by atoms with Crippen LogP contribution in [-0.2, 0) is 13.0 Å². The summed E-state index contributed by atoms with van der Waals surface area (Å²) in [6, 6.07) is 13.1. The number of aromatic amines is 1. The van der Waals surface area contributed by atoms with Crippen LogP contribution in [-0.4, -0.2) is 34.5 Å². The third-order valence-electron chi connectivity index (χ3n) is 4.60. The average Bonchev–Trinajstić information content (AvgIpc) is 3.44. The van der Waals surface area contributed by atoms with Crippen LogP contribution in [0.5, 0.6) is 11.5 Å². The van der Waals surface area contributed by atoms with Gasteiger partial charge in [0.05, 0.1) is 29.3 Å². The second-order valence-corrected chi connectivity index (χ2v) is 7.41. The fourth-order valence-electron chi connectivity index (χ4n) is 3.07. The summed E-state index contributed by atoms with van der Waals surface area (Å²) in [7, 11) is 1.56. The van der Waals surface area contributed by atoms with Gasteiger partial charge >= 0.3 is 0 Å². The number of hydrogen-bond donors (Lipinski definition) is 2. The summed E-state index contributed by atoms with van der Waals surface area (Å²) in [5.74, 6) is 1.87. The molecule has 2 aromatic heterocycles. The van der Waals surface area contributed by atoms with Crippen molar-refractivity contribution >= 4 is 28.3 Å². The predicted octanol–water partition coefficient (Wildman–Crippen LogP) is 3.97. The largest absolute Gasteiger partial charge is 0.493 e. The van der Waals surface area contributed by atoms with Crippen LogP contribution in [0.2, 0.25) is 0 Å². The minimum Gasteiger partial charge on any atom is -0.493 e. The van der Waals surface area contributed by atoms with Crippen molar-refractivity contribution in [3.8, 4) is 11.5 Å². The van der Waals surface area contributed by atoms with E-state index in [1.54, 1.807) is 30.8 Å². The van der Waals surface area contributed by atoms with Gasteiger partial charge in [-0.25, -0.2) is 9.97 Å². The molecule has 0 aliphatic carbocycles. The lowest BCUT2D eigenvalue weighted by Crippen LogP contribution is -2.24. The minimum absolute atomic E-state index is 0.149. The van der Waals surface area contributed by atoms with Crippen molar-refractivity contribution in [2.45, 2.75) is 19.4 Å². The number of carbonyl (C=O) groups excluding carboxylic acids is 1. The van der Waals surface area contributed by atoms with E-state index < -0.39 is 0 Å². The molecule has 0 bridgehead atoms. The average molecular weight is 423 g/mol. The lowest BCUT2D eigenvalue weighted by atomic mass is 10.2. The minimum atomic E-state index is -0.149. The van der Waals surface area contributed by atoms with Gasteiger partial charge in [0.2, 0.25) is 0 Å². The van der Waals surface area contributed by atoms with Gasteiger partial charge in [-0.15, -0.1) is 11.3 Å². The smallest absolute Gasteiger partial charge is 0.251 e. The molecule has 4 rings (SSSR count). The van der Waals surface area contributed by atoms with Crippen molar-refractivity contribution in [3.05, 3.63) is 70.4 Å². The van der Waals surface area contributed by atoms with Gasteiger partial charge < -0.3 is 19.8 Å². The normalized spacial score (nSPS) is 10.8. The first-order valence-electron chi connectivity index (χ1n) is 9.62. The Balaban J connectivity index is 1.29. The van der Waals surface area contributed by atoms with Gasteiger partial charge in [-0.3, -0.25) is 4.79 Å². The van der Waals surface area contributed by atoms with Crippen LogP contribution < -0.4 is 14.8 Å². The molecule has 0 radical (unpaired) electrons. The number of nitrogens with zero attached hydrogens (tertiary/aromatic N) is 2. The molecule has 8 heteroatoms. The standard InChI is InChI=1S/C22H22N4O3S/c1-28-20-11-15(8-9-19(20)29-12-16-13-30-14-24-16)22(27)23-10-4-7-21-25-17-5-2-3-6-18(17)26-21/h2-3,5-6,8-9,11,13-14H,4,7,10,12H2,1H3,(H,23,27)(H,25,26). The summed E-state index contributed by atoms with van der Waals surface area (Å²) in [6.07, 6.45) is 1.55. The number of rotatable bonds is 9. The molecule has 0 spiro atoms. The number of amides is 1. The number of thiazole rings is 1. The summed E-state index contributed by atoms with van der Waals surface area (Å²) < 4.78 is 11.1. The zero-order valence-electron chi connectivity index (χ0n) is 16.6. The maximum absolute atomic E-state index is 12.5. The number of benzene rings is 2. The monoisotopic (exact) mass is 422 g/mol. The predicted molar refractivity (Wildman–Crippen MR) is 116 cm³/mol. The van der Waals surface area contributed by atoms with E-state index in [1.807, 2.05) is 29.6 Å². The Bertz CT molecular complexity index is 1090. The van der Waals surface area contributed by atoms with Crippen LogP contribution >= 0.6 is 11.3 Å². The van der Waals surface area contributed by atoms with Gasteiger partial charge in [0.25, 0.3) is 5.91 Å². The molecule has 0 fully saturated rings. The van der Waals surface area contributed by atoms with Gasteiger partial charge in [0.15, 0.2) is 11.5 Å². The molecule has 2 aromatic carbocycles. The maximum atomic E-state index is 12.5. The SMILES string of the molecule is COc1cc(C(=O)NCCCc2nc3ccccc3[nH]2)ccc1OCc1cscn1. The highest BCUT2D eigenvalue weighted by Crippen LogP contribution is 2.28. The lowest BCUT2D eigenvalue weighted by molar-refractivity contribution is 0.0952. The Labute approximate surface area is 178 Å². The number of H-pyrrole nitrogens is 1. The highest BCUT2D eigenvalue weighted by Gasteiger charge is 2.12. The molecule has 0 saturated heterocycles. The van der Waals surface area contributed by atoms with Gasteiger partial charge in [0.1, 0.15) is 12.4 Å². The summed E-state index contributed by atoms with van der Waals surface area (Å²) in [5.41, 5.74) is 5.13. The number of imidazole rings is 1. The van der Waals surface area contributed by atoms with Crippen molar-refractivity contribution in [2.75, 3.05) is 13.7 Å². The summed E-state index contributed by atoms with van der Waals surface area (Å²) in [4.78, 5) is 24.5. The van der Waals surface area contributed by atoms with Crippen molar-refractivity contribution in [1.82, 2.24) is 20.3 Å². The van der Waals surface area contributed by atoms with Crippen LogP contribution in [0, 0.1) is 0 Å². The number of aryl methyl sites for hydroxylation is 1. The second-order valence-electron chi connectivity index (χ2n) is 6.69. The van der Waals surface area contributed by atoms with Crippen LogP contribution in [0.25, 0.3) is 11.0 Å². The van der Waals surface area contributed by atoms with Crippen molar-refractivity contribution < 1.29 is 14.3 Å². The van der Waals surface area contributed by atoms with Crippen molar-refractivity contribution in [2.24, 2.45) is 0 Å². The number of carbonyl (C=O) groups is 1. The first-order chi connectivity index (χ1) is 14.7. The molecular formula is C22H22N4O3S. The Morgan fingerprint density at radius 1 is 1.20 bits per heavy atom. The molecule has 0 aliphatic heterocycles. The number of fused-ring (bicyclic) bond motifs is 1. The van der Waals surface area contributed by atoms with E-state index in [4.69, 9.17) is 9.47 Å². The molecule has 2 N–H and O–H groups in total. The van der Waals surface area contributed by atoms with E-state index >= 15 is 0 Å². The number of nitrogens with one attached hydrogen (secondary N) is 2. The molecule has 0 atom stereocenters. The zero-order valence-corrected chi connectivity index (χ0v) is 17.4. The van der Waals surface area contributed by atoms with Gasteiger partial charge in [-0.05, 0) is 36.8 Å². The Morgan fingerprint density at radius 2 is 2.10 bits per heavy atom. The number of hydrogen-bond acceptors (Lipinski definition) is 6. The number of aromatic nitrogens is 3. The Hall–Kier alpha value is -3.39. The van der Waals surface area contributed by atoms with E-state index in [0.29, 0.717) is 30.2 Å². The van der Waals surface area contributed by atoms with Crippen LogP contribution in [0.3, 0.4) is 0 Å². The van der Waals surface area contributed by atoms with Gasteiger partial charge in [0, 0.05) is 23.9 Å². The van der Waals surface area contributed by atoms with Crippen molar-refractivity contribution in [1.29, 1.82) is 0 Å². The molecule has 4 aromatic rings. The molecule has 2 heterocycles. The fraction of sp³-hybridized carbons (Fsp3) is 0.227. The van der Waals surface area contributed by atoms with Crippen LogP contribution in [0.4, 0.5) is 0 Å². The maximum Gasteiger partial charge on any atom is 0.251 e. The highest BCUT2D eigenvalue weighted by atomic mass is 32.1. The lowest BCUT2D eigenvalue weighted by Gasteiger charge is -2.11. The third-order valence-corrected chi connectivity index (χ3v) is 5.23. The topological polar surface area (TPSA) is 89.1 Å². The zero-order chi connectivity index (χ0) is 20.8. The molecule has 0 aliphatic rings. The fourth-order valence-corrected chi connectivity index (χ4v) is 3.62. The van der Waals surface area contributed by atoms with Crippen LogP contribution in [0.15, 0.2) is 53.4 Å². The van der Waals surface area contributed by atoms with Crippen molar-refractivity contribution in [3.63, 3.8) is 0 Å². The van der Waals surface area contributed by atoms with E-state index in [-0.39, 0.29) is 5.91 Å². The summed E-state index contributed by atoms with van der Waals surface area (Å²) >= 11 is 1.52. The second kappa shape index (κ2) is 9.41. The van der Waals surface area contributed by atoms with E-state index in [0.717, 1.165) is 35.4 Å². The number of methoxy groups -OCH3 is 1. The quantitative estimate of drug-likeness (QED) is 0.399. The number of para-hydroxylation sites is 2. The summed E-state index contributed by atoms with van der Waals surface area (Å²) in [6.45, 7) is 0.910. The molecule has 154 valence electrons. The highest BCUT2D eigenvalue weighted by molar-refractivity contribution is 7.07. The van der Waals surface area contributed by atoms with Gasteiger partial charge in [-0.2, -0.15) is 0 Å². The number of ether oxygens (including phenoxy) is 2. The first kappa shape index (κ1) is 19.9. The van der Waals surface area contributed by atoms with Crippen LogP contribution in [0.1, 0.15) is 28.3 Å². The molecule has 0 saturated carbocycles. The first-order valence-corrected chi connectivity index (χ1v) is 10.6. The molecular weight excluding hydrogens is 400 g/mol. The Morgan fingerprint density at radius 3 is 2.90 bits per heavy atom. The van der Waals surface area contributed by atoms with Gasteiger partial charge in [-0.1, -0.05) is 12.1 Å².